The van der Waals surface area contributed by atoms with E-state index in [1.54, 1.807) is 0 Å². The monoisotopic (exact) mass is 246 g/mol. The Kier molecular flexibility index (Phi) is 2.88. The fourth-order valence-electron chi connectivity index (χ4n) is 1.09. The van der Waals surface area contributed by atoms with Crippen molar-refractivity contribution in [3.05, 3.63) is 34.9 Å². The Morgan fingerprint density at radius 3 is 2.87 bits per heavy atom. The van der Waals surface area contributed by atoms with Crippen molar-refractivity contribution in [3.8, 4) is 11.4 Å². The van der Waals surface area contributed by atoms with Crippen molar-refractivity contribution >= 4 is 23.2 Å². The van der Waals surface area contributed by atoms with Gasteiger partial charge < -0.3 is 4.52 Å². The van der Waals surface area contributed by atoms with Crippen LogP contribution in [-0.2, 0) is 5.88 Å². The highest BCUT2D eigenvalue weighted by Crippen LogP contribution is 2.26. The number of hydrogen-bond donors (Lipinski definition) is 0. The lowest BCUT2D eigenvalue weighted by Gasteiger charge is -1.97. The zero-order valence-electron chi connectivity index (χ0n) is 7.38. The first kappa shape index (κ1) is 10.4. The molecule has 0 aliphatic heterocycles. The van der Waals surface area contributed by atoms with Crippen molar-refractivity contribution in [3.63, 3.8) is 0 Å². The average Bonchev–Trinajstić information content (AvgIpc) is 2.70. The largest absolute Gasteiger partial charge is 0.338 e. The van der Waals surface area contributed by atoms with Crippen molar-refractivity contribution in [2.75, 3.05) is 0 Å². The number of halogens is 3. The van der Waals surface area contributed by atoms with E-state index in [0.717, 1.165) is 0 Å². The molecule has 78 valence electrons. The first-order valence-electron chi connectivity index (χ1n) is 4.04. The van der Waals surface area contributed by atoms with Crippen molar-refractivity contribution in [2.24, 2.45) is 0 Å². The maximum absolute atomic E-state index is 13.0. The molecule has 0 fully saturated rings. The molecular formula is C9H5Cl2FN2O. The van der Waals surface area contributed by atoms with E-state index in [9.17, 15) is 4.39 Å². The molecule has 0 aliphatic rings. The van der Waals surface area contributed by atoms with Crippen LogP contribution in [0.4, 0.5) is 4.39 Å². The van der Waals surface area contributed by atoms with Crippen molar-refractivity contribution < 1.29 is 8.91 Å². The third-order valence-corrected chi connectivity index (χ3v) is 2.31. The summed E-state index contributed by atoms with van der Waals surface area (Å²) in [7, 11) is 0. The van der Waals surface area contributed by atoms with Gasteiger partial charge in [0.15, 0.2) is 0 Å². The molecule has 0 spiro atoms. The summed E-state index contributed by atoms with van der Waals surface area (Å²) in [5.41, 5.74) is 0.386. The molecule has 1 aromatic carbocycles. The number of alkyl halides is 1. The summed E-state index contributed by atoms with van der Waals surface area (Å²) in [5.74, 6) is 0.202. The van der Waals surface area contributed by atoms with Crippen LogP contribution >= 0.6 is 23.2 Å². The smallest absolute Gasteiger partial charge is 0.241 e. The summed E-state index contributed by atoms with van der Waals surface area (Å²) in [6.45, 7) is 0. The standard InChI is InChI=1S/C9H5Cl2FN2O/c10-4-8-13-9(14-15-8)6-3-5(12)1-2-7(6)11/h1-3H,4H2. The summed E-state index contributed by atoms with van der Waals surface area (Å²) in [5, 5.41) is 4.00. The zero-order chi connectivity index (χ0) is 10.8. The SMILES string of the molecule is Fc1ccc(Cl)c(-c2noc(CCl)n2)c1. The molecule has 0 atom stereocenters. The van der Waals surface area contributed by atoms with E-state index in [4.69, 9.17) is 27.7 Å². The second-order valence-electron chi connectivity index (χ2n) is 2.77. The molecule has 1 aromatic heterocycles. The first-order chi connectivity index (χ1) is 7.20. The van der Waals surface area contributed by atoms with Gasteiger partial charge >= 0.3 is 0 Å². The Bertz CT molecular complexity index is 487. The average molecular weight is 247 g/mol. The number of nitrogens with zero attached hydrogens (tertiary/aromatic N) is 2. The lowest BCUT2D eigenvalue weighted by atomic mass is 10.2. The topological polar surface area (TPSA) is 38.9 Å². The minimum atomic E-state index is -0.411. The minimum Gasteiger partial charge on any atom is -0.338 e. The van der Waals surface area contributed by atoms with Gasteiger partial charge in [-0.3, -0.25) is 0 Å². The molecule has 1 heterocycles. The Morgan fingerprint density at radius 2 is 2.20 bits per heavy atom. The molecule has 0 saturated carbocycles. The molecule has 6 heteroatoms. The van der Waals surface area contributed by atoms with Crippen LogP contribution in [0.3, 0.4) is 0 Å². The molecule has 0 amide bonds. The second kappa shape index (κ2) is 4.16. The summed E-state index contributed by atoms with van der Waals surface area (Å²) < 4.78 is 17.7. The lowest BCUT2D eigenvalue weighted by Crippen LogP contribution is -1.85. The predicted octanol–water partition coefficient (Wildman–Crippen LogP) is 3.27. The molecule has 2 aromatic rings. The van der Waals surface area contributed by atoms with Gasteiger partial charge in [-0.25, -0.2) is 4.39 Å². The number of benzene rings is 1. The van der Waals surface area contributed by atoms with E-state index in [1.165, 1.54) is 18.2 Å². The second-order valence-corrected chi connectivity index (χ2v) is 3.44. The van der Waals surface area contributed by atoms with Gasteiger partial charge in [0.05, 0.1) is 5.02 Å². The molecule has 0 unspecified atom stereocenters. The van der Waals surface area contributed by atoms with Gasteiger partial charge in [0, 0.05) is 5.56 Å². The Labute approximate surface area is 94.8 Å². The molecule has 3 nitrogen and oxygen atoms in total. The van der Waals surface area contributed by atoms with Gasteiger partial charge in [0.2, 0.25) is 11.7 Å². The van der Waals surface area contributed by atoms with Crippen LogP contribution in [-0.4, -0.2) is 10.1 Å². The fraction of sp³-hybridized carbons (Fsp3) is 0.111. The molecule has 2 rings (SSSR count). The highest BCUT2D eigenvalue weighted by atomic mass is 35.5. The van der Waals surface area contributed by atoms with Gasteiger partial charge in [-0.2, -0.15) is 4.98 Å². The van der Waals surface area contributed by atoms with Crippen LogP contribution in [0.25, 0.3) is 11.4 Å². The van der Waals surface area contributed by atoms with Crippen LogP contribution in [0.2, 0.25) is 5.02 Å². The van der Waals surface area contributed by atoms with E-state index in [-0.39, 0.29) is 17.6 Å². The third-order valence-electron chi connectivity index (χ3n) is 1.75. The van der Waals surface area contributed by atoms with Gasteiger partial charge in [-0.05, 0) is 18.2 Å². The molecule has 0 N–H and O–H groups in total. The van der Waals surface area contributed by atoms with Gasteiger partial charge in [0.25, 0.3) is 0 Å². The lowest BCUT2D eigenvalue weighted by molar-refractivity contribution is 0.391. The van der Waals surface area contributed by atoms with Crippen LogP contribution < -0.4 is 0 Å². The number of hydrogen-bond acceptors (Lipinski definition) is 3. The van der Waals surface area contributed by atoms with Gasteiger partial charge in [-0.1, -0.05) is 16.8 Å². The van der Waals surface area contributed by atoms with Crippen molar-refractivity contribution in [1.82, 2.24) is 10.1 Å². The normalized spacial score (nSPS) is 10.6. The van der Waals surface area contributed by atoms with Gasteiger partial charge in [0.1, 0.15) is 11.7 Å². The van der Waals surface area contributed by atoms with Crippen molar-refractivity contribution in [1.29, 1.82) is 0 Å². The maximum atomic E-state index is 13.0. The summed E-state index contributed by atoms with van der Waals surface area (Å²) >= 11 is 11.4. The highest BCUT2D eigenvalue weighted by Gasteiger charge is 2.11. The van der Waals surface area contributed by atoms with Crippen molar-refractivity contribution in [2.45, 2.75) is 5.88 Å². The van der Waals surface area contributed by atoms with E-state index in [0.29, 0.717) is 10.6 Å². The molecule has 0 radical (unpaired) electrons. The fourth-order valence-corrected chi connectivity index (χ4v) is 1.40. The quantitative estimate of drug-likeness (QED) is 0.764. The molecule has 0 bridgehead atoms. The van der Waals surface area contributed by atoms with Gasteiger partial charge in [-0.15, -0.1) is 11.6 Å². The van der Waals surface area contributed by atoms with E-state index >= 15 is 0 Å². The zero-order valence-corrected chi connectivity index (χ0v) is 8.89. The summed E-state index contributed by atoms with van der Waals surface area (Å²) in [6, 6.07) is 3.93. The third kappa shape index (κ3) is 2.11. The highest BCUT2D eigenvalue weighted by molar-refractivity contribution is 6.33. The Morgan fingerprint density at radius 1 is 1.40 bits per heavy atom. The summed E-state index contributed by atoms with van der Waals surface area (Å²) in [6.07, 6.45) is 0. The summed E-state index contributed by atoms with van der Waals surface area (Å²) in [4.78, 5) is 3.94. The van der Waals surface area contributed by atoms with Crippen LogP contribution in [0.15, 0.2) is 22.7 Å². The first-order valence-corrected chi connectivity index (χ1v) is 4.96. The van der Waals surface area contributed by atoms with Crippen LogP contribution in [0, 0.1) is 5.82 Å². The Hall–Kier alpha value is -1.13. The molecule has 0 aliphatic carbocycles. The van der Waals surface area contributed by atoms with Crippen LogP contribution in [0.5, 0.6) is 0 Å². The van der Waals surface area contributed by atoms with E-state index in [1.807, 2.05) is 0 Å². The van der Waals surface area contributed by atoms with E-state index in [2.05, 4.69) is 10.1 Å². The predicted molar refractivity (Wildman–Crippen MR) is 54.3 cm³/mol. The maximum Gasteiger partial charge on any atom is 0.241 e. The molecule has 15 heavy (non-hydrogen) atoms. The minimum absolute atomic E-state index is 0.111. The Balaban J connectivity index is 2.48. The molecular weight excluding hydrogens is 242 g/mol. The van der Waals surface area contributed by atoms with Crippen LogP contribution in [0.1, 0.15) is 5.89 Å². The number of aromatic nitrogens is 2. The molecule has 0 saturated heterocycles. The number of rotatable bonds is 2. The van der Waals surface area contributed by atoms with E-state index < -0.39 is 5.82 Å².